The van der Waals surface area contributed by atoms with Crippen molar-refractivity contribution in [3.05, 3.63) is 42.1 Å². The molecule has 3 heteroatoms. The highest BCUT2D eigenvalue weighted by atomic mass is 15.3. The summed E-state index contributed by atoms with van der Waals surface area (Å²) in [4.78, 5) is 6.76. The van der Waals surface area contributed by atoms with Gasteiger partial charge in [0, 0.05) is 18.4 Å². The lowest BCUT2D eigenvalue weighted by Gasteiger charge is -2.32. The van der Waals surface area contributed by atoms with Crippen LogP contribution in [0.1, 0.15) is 20.8 Å². The number of anilines is 1. The van der Waals surface area contributed by atoms with Crippen molar-refractivity contribution in [2.45, 2.75) is 26.3 Å². The molecule has 1 aromatic rings. The quantitative estimate of drug-likeness (QED) is 0.801. The van der Waals surface area contributed by atoms with Crippen molar-refractivity contribution in [2.75, 3.05) is 12.4 Å². The van der Waals surface area contributed by atoms with E-state index in [0.717, 1.165) is 11.6 Å². The summed E-state index contributed by atoms with van der Waals surface area (Å²) < 4.78 is 0. The Bertz CT molecular complexity index is 458. The van der Waals surface area contributed by atoms with Crippen molar-refractivity contribution in [1.82, 2.24) is 4.90 Å². The topological polar surface area (TPSA) is 27.6 Å². The first kappa shape index (κ1) is 11.7. The fraction of sp³-hybridized carbons (Fsp3) is 0.357. The highest BCUT2D eigenvalue weighted by Gasteiger charge is 2.23. The van der Waals surface area contributed by atoms with Gasteiger partial charge in [-0.3, -0.25) is 0 Å². The molecular formula is C14H19N3. The average Bonchev–Trinajstić information content (AvgIpc) is 2.26. The van der Waals surface area contributed by atoms with Gasteiger partial charge in [-0.1, -0.05) is 18.2 Å². The molecule has 0 amide bonds. The van der Waals surface area contributed by atoms with Crippen LogP contribution in [0.15, 0.2) is 47.1 Å². The Morgan fingerprint density at radius 2 is 1.82 bits per heavy atom. The standard InChI is InChI=1S/C14H19N3/c1-11-10-14(2,3)16-13(17(11)4)15-12-8-6-5-7-9-12/h5-10H,1-4H3,(H,15,16). The van der Waals surface area contributed by atoms with Gasteiger partial charge in [-0.05, 0) is 39.0 Å². The summed E-state index contributed by atoms with van der Waals surface area (Å²) in [6.45, 7) is 6.31. The van der Waals surface area contributed by atoms with E-state index in [1.165, 1.54) is 5.70 Å². The normalized spacial score (nSPS) is 18.5. The molecule has 0 unspecified atom stereocenters. The van der Waals surface area contributed by atoms with Crippen LogP contribution in [0.4, 0.5) is 5.69 Å². The fourth-order valence-corrected chi connectivity index (χ4v) is 1.92. The smallest absolute Gasteiger partial charge is 0.203 e. The minimum Gasteiger partial charge on any atom is -0.326 e. The van der Waals surface area contributed by atoms with Gasteiger partial charge in [-0.2, -0.15) is 0 Å². The average molecular weight is 229 g/mol. The van der Waals surface area contributed by atoms with E-state index < -0.39 is 0 Å². The first-order valence-electron chi connectivity index (χ1n) is 5.83. The van der Waals surface area contributed by atoms with Gasteiger partial charge in [0.15, 0.2) is 0 Å². The maximum Gasteiger partial charge on any atom is 0.203 e. The minimum absolute atomic E-state index is 0.145. The van der Waals surface area contributed by atoms with Gasteiger partial charge in [0.1, 0.15) is 0 Å². The van der Waals surface area contributed by atoms with Crippen LogP contribution in [0, 0.1) is 0 Å². The van der Waals surface area contributed by atoms with Gasteiger partial charge in [-0.15, -0.1) is 0 Å². The van der Waals surface area contributed by atoms with Crippen LogP contribution in [0.3, 0.4) is 0 Å². The van der Waals surface area contributed by atoms with Crippen molar-refractivity contribution in [1.29, 1.82) is 0 Å². The molecule has 1 aliphatic heterocycles. The molecule has 2 rings (SSSR count). The zero-order chi connectivity index (χ0) is 12.5. The molecule has 1 heterocycles. The molecule has 1 N–H and O–H groups in total. The second-order valence-corrected chi connectivity index (χ2v) is 4.92. The second kappa shape index (κ2) is 4.24. The summed E-state index contributed by atoms with van der Waals surface area (Å²) in [7, 11) is 2.02. The van der Waals surface area contributed by atoms with Crippen molar-refractivity contribution < 1.29 is 0 Å². The monoisotopic (exact) mass is 229 g/mol. The molecule has 0 saturated carbocycles. The van der Waals surface area contributed by atoms with Crippen LogP contribution in [0.2, 0.25) is 0 Å². The second-order valence-electron chi connectivity index (χ2n) is 4.92. The summed E-state index contributed by atoms with van der Waals surface area (Å²) in [6.07, 6.45) is 2.17. The van der Waals surface area contributed by atoms with E-state index in [4.69, 9.17) is 4.99 Å². The highest BCUT2D eigenvalue weighted by Crippen LogP contribution is 2.22. The lowest BCUT2D eigenvalue weighted by molar-refractivity contribution is 0.533. The van der Waals surface area contributed by atoms with Crippen molar-refractivity contribution in [2.24, 2.45) is 4.99 Å². The minimum atomic E-state index is -0.145. The Labute approximate surface area is 103 Å². The molecular weight excluding hydrogens is 210 g/mol. The van der Waals surface area contributed by atoms with Crippen LogP contribution < -0.4 is 5.32 Å². The van der Waals surface area contributed by atoms with E-state index in [9.17, 15) is 0 Å². The van der Waals surface area contributed by atoms with Crippen molar-refractivity contribution in [3.8, 4) is 0 Å². The Morgan fingerprint density at radius 1 is 1.18 bits per heavy atom. The summed E-state index contributed by atoms with van der Waals surface area (Å²) in [6, 6.07) is 10.1. The van der Waals surface area contributed by atoms with Gasteiger partial charge < -0.3 is 10.2 Å². The number of allylic oxidation sites excluding steroid dienone is 1. The Kier molecular flexibility index (Phi) is 2.92. The molecule has 17 heavy (non-hydrogen) atoms. The number of hydrogen-bond donors (Lipinski definition) is 1. The number of benzene rings is 1. The number of para-hydroxylation sites is 1. The van der Waals surface area contributed by atoms with Crippen LogP contribution >= 0.6 is 0 Å². The van der Waals surface area contributed by atoms with Crippen molar-refractivity contribution >= 4 is 11.6 Å². The molecule has 0 aromatic heterocycles. The number of nitrogens with zero attached hydrogens (tertiary/aromatic N) is 2. The van der Waals surface area contributed by atoms with Crippen LogP contribution in [0.25, 0.3) is 0 Å². The van der Waals surface area contributed by atoms with E-state index in [-0.39, 0.29) is 5.54 Å². The molecule has 0 saturated heterocycles. The third-order valence-electron chi connectivity index (χ3n) is 2.83. The number of guanidine groups is 1. The molecule has 0 spiro atoms. The zero-order valence-electron chi connectivity index (χ0n) is 10.9. The number of rotatable bonds is 1. The Hall–Kier alpha value is -1.77. The van der Waals surface area contributed by atoms with Gasteiger partial charge in [-0.25, -0.2) is 4.99 Å². The fourth-order valence-electron chi connectivity index (χ4n) is 1.92. The number of nitrogens with one attached hydrogen (secondary N) is 1. The summed E-state index contributed by atoms with van der Waals surface area (Å²) >= 11 is 0. The number of aliphatic imine (C=N–C) groups is 1. The molecule has 90 valence electrons. The summed E-state index contributed by atoms with van der Waals surface area (Å²) in [5.41, 5.74) is 2.13. The summed E-state index contributed by atoms with van der Waals surface area (Å²) in [5.74, 6) is 0.890. The Balaban J connectivity index is 2.24. The maximum atomic E-state index is 4.70. The molecule has 0 atom stereocenters. The van der Waals surface area contributed by atoms with Gasteiger partial charge in [0.25, 0.3) is 0 Å². The van der Waals surface area contributed by atoms with Gasteiger partial charge in [0.05, 0.1) is 5.54 Å². The molecule has 1 aromatic carbocycles. The molecule has 1 aliphatic rings. The molecule has 3 nitrogen and oxygen atoms in total. The molecule has 0 radical (unpaired) electrons. The molecule has 0 bridgehead atoms. The van der Waals surface area contributed by atoms with Crippen LogP contribution in [0.5, 0.6) is 0 Å². The molecule has 0 aliphatic carbocycles. The SMILES string of the molecule is CC1=CC(C)(C)N=C(Nc2ccccc2)N1C. The third kappa shape index (κ3) is 2.67. The van der Waals surface area contributed by atoms with E-state index >= 15 is 0 Å². The lowest BCUT2D eigenvalue weighted by Crippen LogP contribution is -2.38. The summed E-state index contributed by atoms with van der Waals surface area (Å²) in [5, 5.41) is 3.35. The largest absolute Gasteiger partial charge is 0.326 e. The zero-order valence-corrected chi connectivity index (χ0v) is 10.9. The highest BCUT2D eigenvalue weighted by molar-refractivity contribution is 5.95. The molecule has 0 fully saturated rings. The van der Waals surface area contributed by atoms with Gasteiger partial charge >= 0.3 is 0 Å². The van der Waals surface area contributed by atoms with E-state index in [1.807, 2.05) is 37.4 Å². The first-order chi connectivity index (χ1) is 7.98. The van der Waals surface area contributed by atoms with E-state index in [2.05, 4.69) is 37.1 Å². The lowest BCUT2D eigenvalue weighted by atomic mass is 10.0. The predicted octanol–water partition coefficient (Wildman–Crippen LogP) is 3.08. The first-order valence-corrected chi connectivity index (χ1v) is 5.83. The van der Waals surface area contributed by atoms with Gasteiger partial charge in [0.2, 0.25) is 5.96 Å². The van der Waals surface area contributed by atoms with Crippen LogP contribution in [-0.4, -0.2) is 23.4 Å². The maximum absolute atomic E-state index is 4.70. The third-order valence-corrected chi connectivity index (χ3v) is 2.83. The Morgan fingerprint density at radius 3 is 2.47 bits per heavy atom. The van der Waals surface area contributed by atoms with Crippen LogP contribution in [-0.2, 0) is 0 Å². The number of hydrogen-bond acceptors (Lipinski definition) is 3. The van der Waals surface area contributed by atoms with E-state index in [1.54, 1.807) is 0 Å². The predicted molar refractivity (Wildman–Crippen MR) is 73.1 cm³/mol. The van der Waals surface area contributed by atoms with Crippen molar-refractivity contribution in [3.63, 3.8) is 0 Å². The van der Waals surface area contributed by atoms with E-state index in [0.29, 0.717) is 0 Å².